The highest BCUT2D eigenvalue weighted by atomic mass is 19.4. The van der Waals surface area contributed by atoms with Crippen molar-refractivity contribution in [2.75, 3.05) is 11.9 Å². The molecule has 0 amide bonds. The Morgan fingerprint density at radius 1 is 1.31 bits per heavy atom. The topological polar surface area (TPSA) is 37.8 Å². The van der Waals surface area contributed by atoms with Crippen LogP contribution in [-0.2, 0) is 6.18 Å². The fraction of sp³-hybridized carbons (Fsp3) is 0.600. The molecule has 1 aromatic rings. The Morgan fingerprint density at radius 3 is 2.44 bits per heavy atom. The van der Waals surface area contributed by atoms with Gasteiger partial charge in [0.25, 0.3) is 0 Å². The first-order chi connectivity index (χ1) is 7.39. The molecule has 1 aromatic heterocycles. The molecule has 3 nitrogen and oxygen atoms in total. The Morgan fingerprint density at radius 2 is 2.00 bits per heavy atom. The molecule has 0 atom stereocenters. The SMILES string of the molecule is CC1(CNc2ccc(C(F)(F)F)nn2)CC1. The molecule has 0 saturated heterocycles. The van der Waals surface area contributed by atoms with Crippen LogP contribution in [0.25, 0.3) is 0 Å². The second kappa shape index (κ2) is 3.61. The predicted octanol–water partition coefficient (Wildman–Crippen LogP) is 2.71. The average molecular weight is 231 g/mol. The summed E-state index contributed by atoms with van der Waals surface area (Å²) in [5.74, 6) is 0.390. The van der Waals surface area contributed by atoms with E-state index >= 15 is 0 Å². The van der Waals surface area contributed by atoms with E-state index in [9.17, 15) is 13.2 Å². The van der Waals surface area contributed by atoms with E-state index in [1.54, 1.807) is 0 Å². The van der Waals surface area contributed by atoms with E-state index in [0.717, 1.165) is 25.5 Å². The highest BCUT2D eigenvalue weighted by Gasteiger charge is 2.37. The molecule has 6 heteroatoms. The lowest BCUT2D eigenvalue weighted by molar-refractivity contribution is -0.141. The Hall–Kier alpha value is -1.33. The van der Waals surface area contributed by atoms with E-state index in [1.165, 1.54) is 6.07 Å². The summed E-state index contributed by atoms with van der Waals surface area (Å²) >= 11 is 0. The largest absolute Gasteiger partial charge is 0.435 e. The van der Waals surface area contributed by atoms with Crippen LogP contribution < -0.4 is 5.32 Å². The van der Waals surface area contributed by atoms with Crippen molar-refractivity contribution in [1.29, 1.82) is 0 Å². The van der Waals surface area contributed by atoms with Crippen LogP contribution in [0.5, 0.6) is 0 Å². The lowest BCUT2D eigenvalue weighted by Crippen LogP contribution is -2.14. The minimum atomic E-state index is -4.42. The van der Waals surface area contributed by atoms with Crippen molar-refractivity contribution < 1.29 is 13.2 Å². The van der Waals surface area contributed by atoms with Crippen LogP contribution in [0.4, 0.5) is 19.0 Å². The molecule has 1 heterocycles. The molecule has 0 aliphatic heterocycles. The van der Waals surface area contributed by atoms with Crippen molar-refractivity contribution in [1.82, 2.24) is 10.2 Å². The summed E-state index contributed by atoms with van der Waals surface area (Å²) in [6.45, 7) is 2.85. The Kier molecular flexibility index (Phi) is 2.52. The zero-order valence-corrected chi connectivity index (χ0v) is 8.80. The molecule has 0 bridgehead atoms. The average Bonchev–Trinajstić information content (AvgIpc) is 2.94. The van der Waals surface area contributed by atoms with Gasteiger partial charge in [-0.2, -0.15) is 13.2 Å². The Labute approximate surface area is 91.1 Å². The van der Waals surface area contributed by atoms with Gasteiger partial charge < -0.3 is 5.32 Å². The number of hydrogen-bond donors (Lipinski definition) is 1. The lowest BCUT2D eigenvalue weighted by atomic mass is 10.1. The van der Waals surface area contributed by atoms with Crippen LogP contribution in [0.1, 0.15) is 25.5 Å². The number of nitrogens with zero attached hydrogens (tertiary/aromatic N) is 2. The first-order valence-corrected chi connectivity index (χ1v) is 5.04. The van der Waals surface area contributed by atoms with Crippen LogP contribution in [0.15, 0.2) is 12.1 Å². The predicted molar refractivity (Wildman–Crippen MR) is 52.9 cm³/mol. The number of nitrogens with one attached hydrogen (secondary N) is 1. The van der Waals surface area contributed by atoms with E-state index in [2.05, 4.69) is 22.4 Å². The zero-order valence-electron chi connectivity index (χ0n) is 8.80. The van der Waals surface area contributed by atoms with Gasteiger partial charge in [-0.15, -0.1) is 10.2 Å². The summed E-state index contributed by atoms with van der Waals surface area (Å²) in [6, 6.07) is 2.24. The van der Waals surface area contributed by atoms with E-state index in [0.29, 0.717) is 5.82 Å². The number of alkyl halides is 3. The standard InChI is InChI=1S/C10H12F3N3/c1-9(4-5-9)6-14-8-3-2-7(15-16-8)10(11,12)13/h2-3H,4-6H2,1H3,(H,14,16). The summed E-state index contributed by atoms with van der Waals surface area (Å²) < 4.78 is 36.5. The Balaban J connectivity index is 1.96. The summed E-state index contributed by atoms with van der Waals surface area (Å²) in [4.78, 5) is 0. The maximum atomic E-state index is 12.2. The quantitative estimate of drug-likeness (QED) is 0.869. The van der Waals surface area contributed by atoms with Crippen LogP contribution in [0.2, 0.25) is 0 Å². The molecule has 1 fully saturated rings. The van der Waals surface area contributed by atoms with Crippen molar-refractivity contribution >= 4 is 5.82 Å². The molecule has 0 radical (unpaired) electrons. The van der Waals surface area contributed by atoms with Crippen molar-refractivity contribution in [3.05, 3.63) is 17.8 Å². The zero-order chi connectivity index (χ0) is 11.8. The van der Waals surface area contributed by atoms with Crippen molar-refractivity contribution in [3.8, 4) is 0 Å². The molecular formula is C10H12F3N3. The normalized spacial score (nSPS) is 18.2. The molecule has 1 N–H and O–H groups in total. The van der Waals surface area contributed by atoms with Crippen molar-refractivity contribution in [3.63, 3.8) is 0 Å². The number of anilines is 1. The second-order valence-electron chi connectivity index (χ2n) is 4.47. The number of aromatic nitrogens is 2. The monoisotopic (exact) mass is 231 g/mol. The first-order valence-electron chi connectivity index (χ1n) is 5.04. The maximum absolute atomic E-state index is 12.2. The van der Waals surface area contributed by atoms with E-state index in [-0.39, 0.29) is 5.41 Å². The third kappa shape index (κ3) is 2.62. The summed E-state index contributed by atoms with van der Waals surface area (Å²) in [5.41, 5.74) is -0.680. The third-order valence-corrected chi connectivity index (χ3v) is 2.75. The molecule has 1 aliphatic rings. The van der Waals surface area contributed by atoms with Crippen LogP contribution in [0.3, 0.4) is 0 Å². The minimum Gasteiger partial charge on any atom is -0.368 e. The van der Waals surface area contributed by atoms with Gasteiger partial charge in [-0.25, -0.2) is 0 Å². The lowest BCUT2D eigenvalue weighted by Gasteiger charge is -2.10. The molecule has 2 rings (SSSR count). The van der Waals surface area contributed by atoms with Gasteiger partial charge in [0, 0.05) is 6.54 Å². The van der Waals surface area contributed by atoms with Crippen LogP contribution in [-0.4, -0.2) is 16.7 Å². The fourth-order valence-corrected chi connectivity index (χ4v) is 1.27. The van der Waals surface area contributed by atoms with Gasteiger partial charge in [0.15, 0.2) is 5.69 Å². The van der Waals surface area contributed by atoms with Gasteiger partial charge >= 0.3 is 6.18 Å². The molecule has 0 unspecified atom stereocenters. The Bertz CT molecular complexity index is 368. The smallest absolute Gasteiger partial charge is 0.368 e. The molecule has 0 spiro atoms. The van der Waals surface area contributed by atoms with Gasteiger partial charge in [-0.1, -0.05) is 6.92 Å². The van der Waals surface area contributed by atoms with E-state index in [4.69, 9.17) is 0 Å². The van der Waals surface area contributed by atoms with Crippen LogP contribution >= 0.6 is 0 Å². The summed E-state index contributed by atoms with van der Waals surface area (Å²) in [6.07, 6.45) is -2.13. The fourth-order valence-electron chi connectivity index (χ4n) is 1.27. The van der Waals surface area contributed by atoms with Gasteiger partial charge in [-0.05, 0) is 30.4 Å². The maximum Gasteiger partial charge on any atom is 0.435 e. The molecule has 88 valence electrons. The van der Waals surface area contributed by atoms with Gasteiger partial charge in [-0.3, -0.25) is 0 Å². The number of halogens is 3. The second-order valence-corrected chi connectivity index (χ2v) is 4.47. The number of rotatable bonds is 3. The third-order valence-electron chi connectivity index (χ3n) is 2.75. The summed E-state index contributed by atoms with van der Waals surface area (Å²) in [5, 5.41) is 9.61. The highest BCUT2D eigenvalue weighted by Crippen LogP contribution is 2.44. The molecule has 16 heavy (non-hydrogen) atoms. The van der Waals surface area contributed by atoms with Gasteiger partial charge in [0.2, 0.25) is 0 Å². The summed E-state index contributed by atoms with van der Waals surface area (Å²) in [7, 11) is 0. The molecule has 1 saturated carbocycles. The molecular weight excluding hydrogens is 219 g/mol. The highest BCUT2D eigenvalue weighted by molar-refractivity contribution is 5.34. The molecule has 0 aromatic carbocycles. The van der Waals surface area contributed by atoms with E-state index in [1.807, 2.05) is 0 Å². The number of hydrogen-bond acceptors (Lipinski definition) is 3. The van der Waals surface area contributed by atoms with Crippen molar-refractivity contribution in [2.24, 2.45) is 5.41 Å². The van der Waals surface area contributed by atoms with Gasteiger partial charge in [0.1, 0.15) is 5.82 Å². The van der Waals surface area contributed by atoms with Crippen molar-refractivity contribution in [2.45, 2.75) is 25.9 Å². The van der Waals surface area contributed by atoms with Gasteiger partial charge in [0.05, 0.1) is 0 Å². The first kappa shape index (κ1) is 11.2. The van der Waals surface area contributed by atoms with Crippen LogP contribution in [0, 0.1) is 5.41 Å². The van der Waals surface area contributed by atoms with E-state index < -0.39 is 11.9 Å². The molecule has 1 aliphatic carbocycles. The minimum absolute atomic E-state index is 0.282.